The van der Waals surface area contributed by atoms with Crippen molar-refractivity contribution in [3.63, 3.8) is 0 Å². The molecule has 0 amide bonds. The summed E-state index contributed by atoms with van der Waals surface area (Å²) in [5, 5.41) is -0.166. The SMILES string of the molecule is CCCCOc1cc2ccc(OCCC)c(F)c2c(F)c1F. The number of hydrogen-bond acceptors (Lipinski definition) is 2. The Hall–Kier alpha value is -1.91. The van der Waals surface area contributed by atoms with E-state index in [1.54, 1.807) is 0 Å². The van der Waals surface area contributed by atoms with E-state index in [1.165, 1.54) is 18.2 Å². The van der Waals surface area contributed by atoms with Crippen LogP contribution in [0.5, 0.6) is 11.5 Å². The lowest BCUT2D eigenvalue weighted by Gasteiger charge is -2.12. The second-order valence-electron chi connectivity index (χ2n) is 5.03. The van der Waals surface area contributed by atoms with Gasteiger partial charge in [0.2, 0.25) is 5.82 Å². The highest BCUT2D eigenvalue weighted by Crippen LogP contribution is 2.34. The average molecular weight is 312 g/mol. The van der Waals surface area contributed by atoms with Crippen molar-refractivity contribution >= 4 is 10.8 Å². The summed E-state index contributed by atoms with van der Waals surface area (Å²) < 4.78 is 52.9. The Morgan fingerprint density at radius 3 is 2.23 bits per heavy atom. The molecule has 0 aliphatic heterocycles. The normalized spacial score (nSPS) is 11.0. The van der Waals surface area contributed by atoms with Crippen LogP contribution in [0.25, 0.3) is 10.8 Å². The molecule has 5 heteroatoms. The van der Waals surface area contributed by atoms with Crippen molar-refractivity contribution < 1.29 is 22.6 Å². The van der Waals surface area contributed by atoms with Crippen molar-refractivity contribution in [2.75, 3.05) is 13.2 Å². The largest absolute Gasteiger partial charge is 0.491 e. The molecule has 2 aromatic carbocycles. The van der Waals surface area contributed by atoms with Crippen LogP contribution in [-0.2, 0) is 0 Å². The van der Waals surface area contributed by atoms with Gasteiger partial charge in [0.15, 0.2) is 23.1 Å². The summed E-state index contributed by atoms with van der Waals surface area (Å²) in [5.74, 6) is -3.58. The van der Waals surface area contributed by atoms with Gasteiger partial charge < -0.3 is 9.47 Å². The summed E-state index contributed by atoms with van der Waals surface area (Å²) in [6, 6.07) is 4.23. The third kappa shape index (κ3) is 3.29. The first kappa shape index (κ1) is 16.5. The van der Waals surface area contributed by atoms with Crippen molar-refractivity contribution in [3.8, 4) is 11.5 Å². The molecule has 0 N–H and O–H groups in total. The Kier molecular flexibility index (Phi) is 5.52. The van der Waals surface area contributed by atoms with Crippen molar-refractivity contribution in [2.24, 2.45) is 0 Å². The Balaban J connectivity index is 2.44. The van der Waals surface area contributed by atoms with Crippen molar-refractivity contribution in [1.29, 1.82) is 0 Å². The molecule has 0 heterocycles. The molecule has 0 spiro atoms. The zero-order valence-corrected chi connectivity index (χ0v) is 12.7. The zero-order chi connectivity index (χ0) is 16.1. The first-order valence-corrected chi connectivity index (χ1v) is 7.45. The lowest BCUT2D eigenvalue weighted by molar-refractivity contribution is 0.289. The number of hydrogen-bond donors (Lipinski definition) is 0. The summed E-state index contributed by atoms with van der Waals surface area (Å²) >= 11 is 0. The van der Waals surface area contributed by atoms with Crippen LogP contribution >= 0.6 is 0 Å². The molecule has 0 aliphatic carbocycles. The third-order valence-electron chi connectivity index (χ3n) is 3.27. The molecule has 0 saturated carbocycles. The van der Waals surface area contributed by atoms with Crippen LogP contribution in [0.3, 0.4) is 0 Å². The summed E-state index contributed by atoms with van der Waals surface area (Å²) in [5.41, 5.74) is 0. The number of benzene rings is 2. The molecule has 0 bridgehead atoms. The van der Waals surface area contributed by atoms with Gasteiger partial charge in [-0.25, -0.2) is 8.78 Å². The van der Waals surface area contributed by atoms with E-state index in [0.29, 0.717) is 19.6 Å². The highest BCUT2D eigenvalue weighted by molar-refractivity contribution is 5.86. The second kappa shape index (κ2) is 7.38. The molecule has 0 aliphatic rings. The van der Waals surface area contributed by atoms with Crippen LogP contribution in [0.15, 0.2) is 18.2 Å². The lowest BCUT2D eigenvalue weighted by Crippen LogP contribution is -2.03. The van der Waals surface area contributed by atoms with Gasteiger partial charge in [-0.3, -0.25) is 0 Å². The molecule has 0 atom stereocenters. The average Bonchev–Trinajstić information content (AvgIpc) is 2.51. The fraction of sp³-hybridized carbons (Fsp3) is 0.412. The van der Waals surface area contributed by atoms with E-state index in [4.69, 9.17) is 9.47 Å². The van der Waals surface area contributed by atoms with E-state index in [9.17, 15) is 13.2 Å². The summed E-state index contributed by atoms with van der Waals surface area (Å²) in [6.07, 6.45) is 2.31. The summed E-state index contributed by atoms with van der Waals surface area (Å²) in [6.45, 7) is 4.44. The zero-order valence-electron chi connectivity index (χ0n) is 12.7. The maximum absolute atomic E-state index is 14.3. The number of halogens is 3. The van der Waals surface area contributed by atoms with E-state index in [-0.39, 0.29) is 16.9 Å². The number of rotatable bonds is 7. The van der Waals surface area contributed by atoms with Crippen LogP contribution in [0.2, 0.25) is 0 Å². The van der Waals surface area contributed by atoms with Gasteiger partial charge in [-0.15, -0.1) is 0 Å². The van der Waals surface area contributed by atoms with Crippen LogP contribution < -0.4 is 9.47 Å². The van der Waals surface area contributed by atoms with Crippen molar-refractivity contribution in [3.05, 3.63) is 35.7 Å². The van der Waals surface area contributed by atoms with Gasteiger partial charge in [0, 0.05) is 0 Å². The molecule has 0 aromatic heterocycles. The second-order valence-corrected chi connectivity index (χ2v) is 5.03. The Labute approximate surface area is 127 Å². The molecular weight excluding hydrogens is 293 g/mol. The molecule has 2 aromatic rings. The predicted octanol–water partition coefficient (Wildman–Crippen LogP) is 5.22. The molecule has 120 valence electrons. The van der Waals surface area contributed by atoms with E-state index in [2.05, 4.69) is 0 Å². The topological polar surface area (TPSA) is 18.5 Å². The van der Waals surface area contributed by atoms with Crippen LogP contribution in [0.4, 0.5) is 13.2 Å². The molecule has 22 heavy (non-hydrogen) atoms. The predicted molar refractivity (Wildman–Crippen MR) is 80.0 cm³/mol. The number of unbranched alkanes of at least 4 members (excludes halogenated alkanes) is 1. The maximum atomic E-state index is 14.3. The maximum Gasteiger partial charge on any atom is 0.201 e. The fourth-order valence-electron chi connectivity index (χ4n) is 2.09. The van der Waals surface area contributed by atoms with E-state index >= 15 is 0 Å². The molecule has 0 radical (unpaired) electrons. The molecule has 2 nitrogen and oxygen atoms in total. The van der Waals surface area contributed by atoms with Crippen LogP contribution in [0, 0.1) is 17.5 Å². The first-order valence-electron chi connectivity index (χ1n) is 7.45. The van der Waals surface area contributed by atoms with Gasteiger partial charge in [0.05, 0.1) is 18.6 Å². The minimum absolute atomic E-state index is 0.0766. The van der Waals surface area contributed by atoms with Crippen molar-refractivity contribution in [2.45, 2.75) is 33.1 Å². The van der Waals surface area contributed by atoms with Gasteiger partial charge in [-0.05, 0) is 30.4 Å². The highest BCUT2D eigenvalue weighted by Gasteiger charge is 2.20. The van der Waals surface area contributed by atoms with Gasteiger partial charge in [-0.2, -0.15) is 4.39 Å². The summed E-state index contributed by atoms with van der Waals surface area (Å²) in [4.78, 5) is 0. The Bertz CT molecular complexity index is 656. The molecule has 2 rings (SSSR count). The van der Waals surface area contributed by atoms with Gasteiger partial charge in [0.1, 0.15) is 0 Å². The quantitative estimate of drug-likeness (QED) is 0.652. The van der Waals surface area contributed by atoms with Crippen LogP contribution in [0.1, 0.15) is 33.1 Å². The highest BCUT2D eigenvalue weighted by atomic mass is 19.2. The lowest BCUT2D eigenvalue weighted by atomic mass is 10.1. The molecule has 0 fully saturated rings. The molecule has 0 saturated heterocycles. The minimum atomic E-state index is -1.25. The monoisotopic (exact) mass is 312 g/mol. The van der Waals surface area contributed by atoms with Gasteiger partial charge >= 0.3 is 0 Å². The first-order chi connectivity index (χ1) is 10.6. The van der Waals surface area contributed by atoms with Crippen molar-refractivity contribution in [1.82, 2.24) is 0 Å². The minimum Gasteiger partial charge on any atom is -0.491 e. The number of fused-ring (bicyclic) bond motifs is 1. The molecular formula is C17H19F3O2. The standard InChI is InChI=1S/C17H19F3O2/c1-3-5-9-22-13-10-11-6-7-12(21-8-4-2)15(18)14(11)17(20)16(13)19/h6-7,10H,3-5,8-9H2,1-2H3. The van der Waals surface area contributed by atoms with Crippen LogP contribution in [-0.4, -0.2) is 13.2 Å². The Morgan fingerprint density at radius 2 is 1.55 bits per heavy atom. The fourth-order valence-corrected chi connectivity index (χ4v) is 2.09. The summed E-state index contributed by atoms with van der Waals surface area (Å²) in [7, 11) is 0. The van der Waals surface area contributed by atoms with E-state index in [0.717, 1.165) is 12.8 Å². The molecule has 0 unspecified atom stereocenters. The smallest absolute Gasteiger partial charge is 0.201 e. The van der Waals surface area contributed by atoms with Gasteiger partial charge in [0.25, 0.3) is 0 Å². The Morgan fingerprint density at radius 1 is 0.818 bits per heavy atom. The van der Waals surface area contributed by atoms with E-state index in [1.807, 2.05) is 13.8 Å². The third-order valence-corrected chi connectivity index (χ3v) is 3.27. The van der Waals surface area contributed by atoms with Gasteiger partial charge in [-0.1, -0.05) is 26.3 Å². The van der Waals surface area contributed by atoms with E-state index < -0.39 is 22.8 Å². The number of ether oxygens (including phenoxy) is 2.